The summed E-state index contributed by atoms with van der Waals surface area (Å²) in [4.78, 5) is 11.1. The fraction of sp³-hybridized carbons (Fsp3) is 0.279. The normalized spacial score (nSPS) is 19.9. The first-order valence-electron chi connectivity index (χ1n) is 49.3. The summed E-state index contributed by atoms with van der Waals surface area (Å²) >= 11 is 3.92. The van der Waals surface area contributed by atoms with Crippen molar-refractivity contribution in [2.75, 3.05) is 19.6 Å². The van der Waals surface area contributed by atoms with Gasteiger partial charge in [0.2, 0.25) is 0 Å². The Kier molecular flexibility index (Phi) is 15.9. The number of benzene rings is 14. The van der Waals surface area contributed by atoms with Crippen LogP contribution in [0.4, 0.5) is 56.9 Å². The number of thiophene rings is 2. The summed E-state index contributed by atoms with van der Waals surface area (Å²) in [6.07, 6.45) is 10.2. The Bertz CT molecular complexity index is 8720. The molecule has 0 radical (unpaired) electrons. The average Bonchev–Trinajstić information content (AvgIpc) is 0.901. The van der Waals surface area contributed by atoms with Crippen LogP contribution in [-0.4, -0.2) is 33.6 Å². The van der Waals surface area contributed by atoms with Crippen molar-refractivity contribution < 1.29 is 8.83 Å². The van der Waals surface area contributed by atoms with Crippen LogP contribution in [0.3, 0.4) is 0 Å². The Morgan fingerprint density at radius 2 is 0.784 bits per heavy atom. The Balaban J connectivity index is 0.602. The van der Waals surface area contributed by atoms with Crippen molar-refractivity contribution in [1.29, 1.82) is 0 Å². The van der Waals surface area contributed by atoms with Gasteiger partial charge in [-0.05, 0) is 286 Å². The van der Waals surface area contributed by atoms with Crippen molar-refractivity contribution in [1.82, 2.24) is 9.13 Å². The maximum Gasteiger partial charge on any atom is 0.252 e. The number of aromatic nitrogens is 2. The lowest BCUT2D eigenvalue weighted by molar-refractivity contribution is 0.194. The minimum Gasteiger partial charge on any atom is -0.454 e. The van der Waals surface area contributed by atoms with E-state index in [1.165, 1.54) is 239 Å². The van der Waals surface area contributed by atoms with Crippen LogP contribution < -0.4 is 52.4 Å². The predicted octanol–water partition coefficient (Wildman–Crippen LogP) is 29.8. The number of anilines is 10. The summed E-state index contributed by atoms with van der Waals surface area (Å²) in [6.45, 7) is 41.5. The lowest BCUT2D eigenvalue weighted by Gasteiger charge is -2.50. The molecule has 134 heavy (non-hydrogen) atoms. The summed E-state index contributed by atoms with van der Waals surface area (Å²) in [5.74, 6) is 0. The number of nitrogens with zero attached hydrogens (tertiary/aromatic N) is 6. The van der Waals surface area contributed by atoms with Crippen molar-refractivity contribution in [3.63, 3.8) is 0 Å². The highest BCUT2D eigenvalue weighted by molar-refractivity contribution is 7.26. The third-order valence-electron chi connectivity index (χ3n) is 34.8. The minimum absolute atomic E-state index is 0.0144. The van der Waals surface area contributed by atoms with Gasteiger partial charge >= 0.3 is 0 Å². The molecule has 8 aliphatic rings. The van der Waals surface area contributed by atoms with Gasteiger partial charge in [0.15, 0.2) is 11.2 Å². The number of aryl methyl sites for hydroxylation is 2. The molecule has 28 rings (SSSR count). The van der Waals surface area contributed by atoms with E-state index in [0.29, 0.717) is 0 Å². The highest BCUT2D eigenvalue weighted by Gasteiger charge is 2.61. The zero-order valence-electron chi connectivity index (χ0n) is 80.0. The molecule has 658 valence electrons. The first-order chi connectivity index (χ1) is 64.4. The van der Waals surface area contributed by atoms with E-state index >= 15 is 0 Å². The maximum atomic E-state index is 7.17. The number of hydrogen-bond acceptors (Lipinski definition) is 8. The van der Waals surface area contributed by atoms with E-state index in [1.54, 1.807) is 0 Å². The summed E-state index contributed by atoms with van der Waals surface area (Å²) in [7, 11) is 0. The van der Waals surface area contributed by atoms with Gasteiger partial charge in [0, 0.05) is 125 Å². The van der Waals surface area contributed by atoms with Gasteiger partial charge in [-0.1, -0.05) is 243 Å². The van der Waals surface area contributed by atoms with Gasteiger partial charge < -0.3 is 37.6 Å². The van der Waals surface area contributed by atoms with Gasteiger partial charge in [-0.15, -0.1) is 22.7 Å². The molecule has 2 saturated carbocycles. The molecule has 14 aromatic carbocycles. The highest BCUT2D eigenvalue weighted by Crippen LogP contribution is 2.65. The molecule has 8 nitrogen and oxygen atoms in total. The van der Waals surface area contributed by atoms with Gasteiger partial charge in [0.05, 0.1) is 38.2 Å². The van der Waals surface area contributed by atoms with E-state index < -0.39 is 0 Å². The number of rotatable bonds is 7. The molecular formula is C122H110B2N6O2S2. The van der Waals surface area contributed by atoms with Crippen molar-refractivity contribution in [3.05, 3.63) is 299 Å². The predicted molar refractivity (Wildman–Crippen MR) is 573 cm³/mol. The van der Waals surface area contributed by atoms with Gasteiger partial charge in [-0.3, -0.25) is 0 Å². The Labute approximate surface area is 793 Å². The largest absolute Gasteiger partial charge is 0.454 e. The van der Waals surface area contributed by atoms with Crippen LogP contribution in [0.25, 0.3) is 118 Å². The first-order valence-corrected chi connectivity index (χ1v) is 50.9. The molecule has 0 bridgehead atoms. The zero-order chi connectivity index (χ0) is 90.9. The van der Waals surface area contributed by atoms with Crippen molar-refractivity contribution in [3.8, 4) is 11.4 Å². The third kappa shape index (κ3) is 10.3. The van der Waals surface area contributed by atoms with Crippen molar-refractivity contribution in [2.24, 2.45) is 0 Å². The molecular weight excluding hydrogens is 1670 g/mol. The number of fused-ring (bicyclic) bond motifs is 30. The SMILES string of the molecule is Cc1cc2c3c(c1)-n1c4c(cc(C(C)(C)C)cc4c4oc5ccccc5c41)B3c1ccc(N3c4ccc(C(C)(C)Cc5cccc6c5sc5cccc(N7c8cc(N9c%10ccc(C(C)(C)C)cc%10C%10(C)CCCCC9%10C)ccc8B8c9c7cc(C)cc9-n7c9c8cc(C(C)(C)C)cc9c8oc9ccccc9c87)c56)cc4C4(C)CCCCC34C)cc1N2c1cccc2c1sc1ccccc12. The lowest BCUT2D eigenvalue weighted by Crippen LogP contribution is -2.60. The number of hydrogen-bond donors (Lipinski definition) is 0. The molecule has 4 atom stereocenters. The molecule has 2 fully saturated rings. The molecule has 6 aromatic heterocycles. The van der Waals surface area contributed by atoms with E-state index in [0.717, 1.165) is 76.2 Å². The van der Waals surface area contributed by atoms with Gasteiger partial charge in [0.1, 0.15) is 22.2 Å². The minimum atomic E-state index is -0.267. The summed E-state index contributed by atoms with van der Waals surface area (Å²) < 4.78 is 24.8. The van der Waals surface area contributed by atoms with E-state index in [1.807, 2.05) is 22.7 Å². The van der Waals surface area contributed by atoms with Crippen molar-refractivity contribution in [2.45, 2.75) is 219 Å². The van der Waals surface area contributed by atoms with Crippen LogP contribution in [0, 0.1) is 13.8 Å². The van der Waals surface area contributed by atoms with Crippen LogP contribution in [0.5, 0.6) is 0 Å². The van der Waals surface area contributed by atoms with Crippen LogP contribution in [0.2, 0.25) is 0 Å². The Morgan fingerprint density at radius 3 is 1.34 bits per heavy atom. The third-order valence-corrected chi connectivity index (χ3v) is 37.3. The first kappa shape index (κ1) is 80.0. The summed E-state index contributed by atoms with van der Waals surface area (Å²) in [5.41, 5.74) is 42.8. The average molecular weight is 1780 g/mol. The monoisotopic (exact) mass is 1780 g/mol. The van der Waals surface area contributed by atoms with E-state index in [9.17, 15) is 0 Å². The quantitative estimate of drug-likeness (QED) is 0.148. The molecule has 20 aromatic rings. The fourth-order valence-corrected chi connectivity index (χ4v) is 30.2. The fourth-order valence-electron chi connectivity index (χ4n) is 27.7. The summed E-state index contributed by atoms with van der Waals surface area (Å²) in [5, 5.41) is 9.88. The summed E-state index contributed by atoms with van der Waals surface area (Å²) in [6, 6.07) is 99.0. The van der Waals surface area contributed by atoms with Gasteiger partial charge in [-0.2, -0.15) is 0 Å². The molecule has 12 heterocycles. The second-order valence-electron chi connectivity index (χ2n) is 46.0. The van der Waals surface area contributed by atoms with Crippen LogP contribution >= 0.6 is 22.7 Å². The molecule has 4 unspecified atom stereocenters. The Hall–Kier alpha value is -12.5. The molecule has 0 spiro atoms. The number of furan rings is 2. The lowest BCUT2D eigenvalue weighted by atomic mass is 9.33. The molecule has 0 N–H and O–H groups in total. The smallest absolute Gasteiger partial charge is 0.252 e. The topological polar surface area (TPSA) is 49.1 Å². The van der Waals surface area contributed by atoms with Crippen molar-refractivity contribution >= 4 is 232 Å². The van der Waals surface area contributed by atoms with E-state index in [2.05, 4.69) is 395 Å². The van der Waals surface area contributed by atoms with Gasteiger partial charge in [-0.25, -0.2) is 0 Å². The molecule has 2 aliphatic carbocycles. The second-order valence-corrected chi connectivity index (χ2v) is 48.1. The molecule has 0 saturated heterocycles. The van der Waals surface area contributed by atoms with Crippen LogP contribution in [0.1, 0.15) is 205 Å². The van der Waals surface area contributed by atoms with E-state index in [4.69, 9.17) is 8.83 Å². The zero-order valence-corrected chi connectivity index (χ0v) is 81.6. The van der Waals surface area contributed by atoms with Gasteiger partial charge in [0.25, 0.3) is 13.4 Å². The standard InChI is InChI=1S/C122H110B2N6O2S2/c1-68-55-96-105-98(57-68)127-107-82(111-109(127)79-33-18-21-39-100(79)131-111)59-73(116(6,7)8)63-88(107)123(105)86-47-45-75(129-90-49-43-71(115(3,4)5)61-84(90)119(14)51-24-26-53-121(119,129)16)65-94(86)125(96)92-37-30-42-103-104(92)81-36-28-31-70(113(81)134-103)67-118(12,13)72-44-50-91-85(62-72)120(15)52-25-27-54-122(120,17)130(91)76-46-48-87-95(66-76)126(93-38-29-35-78-77-32-20-23-41-102(77)133-114(78)93)97-56-69(2)58-99-106(97)124(87)89-64-74(117(9,10)11)60-83-108(89)128(99)110-80-34-19-22-40-101(80)132-112(83)110/h18-23,28-50,55-66H,24-27,51-54,67H2,1-17H3. The second kappa shape index (κ2) is 26.6. The van der Waals surface area contributed by atoms with E-state index in [-0.39, 0.29) is 57.0 Å². The van der Waals surface area contributed by atoms with Crippen LogP contribution in [-0.2, 0) is 38.9 Å². The Morgan fingerprint density at radius 1 is 0.336 bits per heavy atom. The van der Waals surface area contributed by atoms with Crippen LogP contribution in [0.15, 0.2) is 258 Å². The molecule has 6 aliphatic heterocycles. The molecule has 0 amide bonds. The number of para-hydroxylation sites is 2. The highest BCUT2D eigenvalue weighted by atomic mass is 32.1. The maximum absolute atomic E-state index is 7.17. The molecule has 12 heteroatoms.